The van der Waals surface area contributed by atoms with Crippen LogP contribution in [0, 0.1) is 13.8 Å². The first-order valence-corrected chi connectivity index (χ1v) is 10.9. The summed E-state index contributed by atoms with van der Waals surface area (Å²) in [4.78, 5) is 12.1. The maximum absolute atomic E-state index is 4.90. The second kappa shape index (κ2) is 8.80. The molecule has 0 spiro atoms. The number of nitrogens with zero attached hydrogens (tertiary/aromatic N) is 3. The van der Waals surface area contributed by atoms with E-state index in [9.17, 15) is 0 Å². The molecule has 2 heterocycles. The molecule has 1 aromatic carbocycles. The monoisotopic (exact) mass is 379 g/mol. The standard InChI is InChI=1S/C23H33N5/c1-17-11-12-18(2)20(15-17)25-21-16-22(28-13-7-4-8-14-28)27-23(26-21)24-19-9-5-3-6-10-19/h11-12,15-16,19H,3-10,13-14H2,1-2H3,(H2,24,25,26,27). The van der Waals surface area contributed by atoms with Crippen LogP contribution in [0.3, 0.4) is 0 Å². The molecule has 1 saturated heterocycles. The minimum absolute atomic E-state index is 0.499. The van der Waals surface area contributed by atoms with Crippen molar-refractivity contribution >= 4 is 23.3 Å². The average molecular weight is 380 g/mol. The molecule has 5 nitrogen and oxygen atoms in total. The zero-order chi connectivity index (χ0) is 19.3. The van der Waals surface area contributed by atoms with Crippen molar-refractivity contribution < 1.29 is 0 Å². The van der Waals surface area contributed by atoms with E-state index in [1.807, 2.05) is 0 Å². The second-order valence-electron chi connectivity index (χ2n) is 8.41. The molecule has 1 aliphatic heterocycles. The van der Waals surface area contributed by atoms with Crippen LogP contribution < -0.4 is 15.5 Å². The van der Waals surface area contributed by atoms with Crippen molar-refractivity contribution in [2.24, 2.45) is 0 Å². The van der Waals surface area contributed by atoms with Crippen LogP contribution >= 0.6 is 0 Å². The van der Waals surface area contributed by atoms with Gasteiger partial charge in [-0.2, -0.15) is 9.97 Å². The van der Waals surface area contributed by atoms with Crippen molar-refractivity contribution in [2.75, 3.05) is 28.6 Å². The molecule has 0 unspecified atom stereocenters. The van der Waals surface area contributed by atoms with Gasteiger partial charge in [0.05, 0.1) is 0 Å². The SMILES string of the molecule is Cc1ccc(C)c(Nc2cc(N3CCCCC3)nc(NC3CCCCC3)n2)c1. The fraction of sp³-hybridized carbons (Fsp3) is 0.565. The van der Waals surface area contributed by atoms with E-state index in [-0.39, 0.29) is 0 Å². The molecule has 1 aromatic heterocycles. The van der Waals surface area contributed by atoms with Crippen LogP contribution in [0.1, 0.15) is 62.5 Å². The molecule has 5 heteroatoms. The van der Waals surface area contributed by atoms with Gasteiger partial charge in [0.1, 0.15) is 11.6 Å². The first-order valence-electron chi connectivity index (χ1n) is 10.9. The maximum Gasteiger partial charge on any atom is 0.226 e. The molecule has 2 aliphatic rings. The lowest BCUT2D eigenvalue weighted by molar-refractivity contribution is 0.461. The minimum atomic E-state index is 0.499. The summed E-state index contributed by atoms with van der Waals surface area (Å²) >= 11 is 0. The molecule has 2 aromatic rings. The molecule has 1 aliphatic carbocycles. The number of benzene rings is 1. The van der Waals surface area contributed by atoms with Crippen LogP contribution in [0.15, 0.2) is 24.3 Å². The van der Waals surface area contributed by atoms with E-state index in [4.69, 9.17) is 9.97 Å². The van der Waals surface area contributed by atoms with Crippen LogP contribution in [-0.2, 0) is 0 Å². The minimum Gasteiger partial charge on any atom is -0.356 e. The molecule has 0 atom stereocenters. The number of piperidine rings is 1. The number of hydrogen-bond donors (Lipinski definition) is 2. The molecule has 2 N–H and O–H groups in total. The van der Waals surface area contributed by atoms with Gasteiger partial charge in [-0.1, -0.05) is 31.4 Å². The number of rotatable bonds is 5. The quantitative estimate of drug-likeness (QED) is 0.711. The zero-order valence-electron chi connectivity index (χ0n) is 17.3. The lowest BCUT2D eigenvalue weighted by Gasteiger charge is -2.29. The molecule has 0 amide bonds. The van der Waals surface area contributed by atoms with Crippen molar-refractivity contribution in [1.29, 1.82) is 0 Å². The third kappa shape index (κ3) is 4.75. The highest BCUT2D eigenvalue weighted by molar-refractivity contribution is 5.65. The van der Waals surface area contributed by atoms with E-state index in [1.165, 1.54) is 62.5 Å². The van der Waals surface area contributed by atoms with E-state index in [1.54, 1.807) is 0 Å². The summed E-state index contributed by atoms with van der Waals surface area (Å²) < 4.78 is 0. The Morgan fingerprint density at radius 1 is 0.893 bits per heavy atom. The summed E-state index contributed by atoms with van der Waals surface area (Å²) in [6.07, 6.45) is 10.2. The highest BCUT2D eigenvalue weighted by Gasteiger charge is 2.18. The van der Waals surface area contributed by atoms with E-state index in [0.717, 1.165) is 36.4 Å². The fourth-order valence-electron chi connectivity index (χ4n) is 4.29. The summed E-state index contributed by atoms with van der Waals surface area (Å²) in [7, 11) is 0. The molecule has 2 fully saturated rings. The van der Waals surface area contributed by atoms with Gasteiger partial charge in [-0.05, 0) is 63.1 Å². The Morgan fingerprint density at radius 3 is 2.43 bits per heavy atom. The van der Waals surface area contributed by atoms with Crippen molar-refractivity contribution in [3.05, 3.63) is 35.4 Å². The third-order valence-electron chi connectivity index (χ3n) is 5.99. The van der Waals surface area contributed by atoms with Crippen LogP contribution in [0.4, 0.5) is 23.3 Å². The summed E-state index contributed by atoms with van der Waals surface area (Å²) in [6.45, 7) is 6.43. The fourth-order valence-corrected chi connectivity index (χ4v) is 4.29. The van der Waals surface area contributed by atoms with Gasteiger partial charge in [-0.25, -0.2) is 0 Å². The Labute approximate surface area is 169 Å². The van der Waals surface area contributed by atoms with Crippen LogP contribution in [0.2, 0.25) is 0 Å². The van der Waals surface area contributed by atoms with Gasteiger partial charge in [-0.3, -0.25) is 0 Å². The highest BCUT2D eigenvalue weighted by atomic mass is 15.2. The third-order valence-corrected chi connectivity index (χ3v) is 5.99. The number of aryl methyl sites for hydroxylation is 2. The Kier molecular flexibility index (Phi) is 5.98. The molecule has 0 radical (unpaired) electrons. The molecule has 28 heavy (non-hydrogen) atoms. The molecule has 1 saturated carbocycles. The van der Waals surface area contributed by atoms with Gasteiger partial charge in [-0.15, -0.1) is 0 Å². The largest absolute Gasteiger partial charge is 0.356 e. The Balaban J connectivity index is 1.61. The number of nitrogens with one attached hydrogen (secondary N) is 2. The summed E-state index contributed by atoms with van der Waals surface area (Å²) in [5.41, 5.74) is 3.59. The maximum atomic E-state index is 4.90. The molecule has 150 valence electrons. The molecular formula is C23H33N5. The normalized spacial score (nSPS) is 18.1. The van der Waals surface area contributed by atoms with E-state index < -0.39 is 0 Å². The van der Waals surface area contributed by atoms with Crippen molar-refractivity contribution in [2.45, 2.75) is 71.3 Å². The first kappa shape index (κ1) is 19.0. The van der Waals surface area contributed by atoms with E-state index >= 15 is 0 Å². The Morgan fingerprint density at radius 2 is 1.64 bits per heavy atom. The average Bonchev–Trinajstić information content (AvgIpc) is 2.72. The summed E-state index contributed by atoms with van der Waals surface area (Å²) in [6, 6.07) is 9.10. The van der Waals surface area contributed by atoms with E-state index in [0.29, 0.717) is 6.04 Å². The van der Waals surface area contributed by atoms with Crippen molar-refractivity contribution in [3.8, 4) is 0 Å². The predicted molar refractivity (Wildman–Crippen MR) is 118 cm³/mol. The van der Waals surface area contributed by atoms with Gasteiger partial charge < -0.3 is 15.5 Å². The summed E-state index contributed by atoms with van der Waals surface area (Å²) in [5.74, 6) is 2.69. The van der Waals surface area contributed by atoms with E-state index in [2.05, 4.69) is 53.6 Å². The van der Waals surface area contributed by atoms with Gasteiger partial charge in [0.15, 0.2) is 0 Å². The van der Waals surface area contributed by atoms with Crippen molar-refractivity contribution in [1.82, 2.24) is 9.97 Å². The second-order valence-corrected chi connectivity index (χ2v) is 8.41. The predicted octanol–water partition coefficient (Wildman–Crippen LogP) is 5.57. The first-order chi connectivity index (χ1) is 13.7. The number of aromatic nitrogens is 2. The van der Waals surface area contributed by atoms with Gasteiger partial charge >= 0.3 is 0 Å². The van der Waals surface area contributed by atoms with Crippen LogP contribution in [0.5, 0.6) is 0 Å². The number of hydrogen-bond acceptors (Lipinski definition) is 5. The summed E-state index contributed by atoms with van der Waals surface area (Å²) in [5, 5.41) is 7.18. The van der Waals surface area contributed by atoms with Crippen LogP contribution in [0.25, 0.3) is 0 Å². The molecule has 0 bridgehead atoms. The lowest BCUT2D eigenvalue weighted by atomic mass is 9.96. The van der Waals surface area contributed by atoms with Gasteiger partial charge in [0, 0.05) is 30.9 Å². The smallest absolute Gasteiger partial charge is 0.226 e. The number of anilines is 4. The van der Waals surface area contributed by atoms with Crippen LogP contribution in [-0.4, -0.2) is 29.1 Å². The van der Waals surface area contributed by atoms with Gasteiger partial charge in [0.2, 0.25) is 5.95 Å². The van der Waals surface area contributed by atoms with Gasteiger partial charge in [0.25, 0.3) is 0 Å². The van der Waals surface area contributed by atoms with Crippen molar-refractivity contribution in [3.63, 3.8) is 0 Å². The topological polar surface area (TPSA) is 53.1 Å². The Hall–Kier alpha value is -2.30. The highest BCUT2D eigenvalue weighted by Crippen LogP contribution is 2.27. The molecule has 4 rings (SSSR count). The molecular weight excluding hydrogens is 346 g/mol. The lowest BCUT2D eigenvalue weighted by Crippen LogP contribution is -2.31. The zero-order valence-corrected chi connectivity index (χ0v) is 17.3. The Bertz CT molecular complexity index is 792.